The van der Waals surface area contributed by atoms with Crippen LogP contribution in [0.2, 0.25) is 0 Å². The molecule has 1 aromatic heterocycles. The molecule has 2 unspecified atom stereocenters. The van der Waals surface area contributed by atoms with Gasteiger partial charge in [0.05, 0.1) is 28.8 Å². The van der Waals surface area contributed by atoms with Gasteiger partial charge in [0.1, 0.15) is 5.60 Å². The predicted molar refractivity (Wildman–Crippen MR) is 155 cm³/mol. The number of nitrogens with one attached hydrogen (secondary N) is 1. The summed E-state index contributed by atoms with van der Waals surface area (Å²) in [6.07, 6.45) is 2.22. The number of hydrogen-bond acceptors (Lipinski definition) is 5. The quantitative estimate of drug-likeness (QED) is 0.349. The number of pyridine rings is 1. The molecular weight excluding hydrogens is 500 g/mol. The number of amides is 2. The van der Waals surface area contributed by atoms with Crippen LogP contribution in [0, 0.1) is 16.7 Å². The fourth-order valence-corrected chi connectivity index (χ4v) is 5.17. The van der Waals surface area contributed by atoms with Gasteiger partial charge in [-0.1, -0.05) is 54.6 Å². The second-order valence-electron chi connectivity index (χ2n) is 12.3. The highest BCUT2D eigenvalue weighted by atomic mass is 16.6. The molecule has 0 spiro atoms. The highest BCUT2D eigenvalue weighted by molar-refractivity contribution is 5.94. The smallest absolute Gasteiger partial charge is 0.411 e. The molecule has 2 amide bonds. The Balaban J connectivity index is 1.48. The first-order valence-corrected chi connectivity index (χ1v) is 13.7. The molecule has 1 aliphatic heterocycles. The largest absolute Gasteiger partial charge is 0.438 e. The minimum absolute atomic E-state index is 0.156. The van der Waals surface area contributed by atoms with Crippen molar-refractivity contribution in [1.29, 1.82) is 5.26 Å². The molecule has 7 nitrogen and oxygen atoms in total. The lowest BCUT2D eigenvalue weighted by Crippen LogP contribution is -2.50. The van der Waals surface area contributed by atoms with E-state index in [0.717, 1.165) is 22.4 Å². The van der Waals surface area contributed by atoms with E-state index in [-0.39, 0.29) is 23.6 Å². The van der Waals surface area contributed by atoms with E-state index in [1.807, 2.05) is 102 Å². The van der Waals surface area contributed by atoms with Crippen molar-refractivity contribution < 1.29 is 14.3 Å². The van der Waals surface area contributed by atoms with Crippen molar-refractivity contribution in [1.82, 2.24) is 15.2 Å². The molecule has 2 atom stereocenters. The van der Waals surface area contributed by atoms with Crippen molar-refractivity contribution in [3.05, 3.63) is 89.6 Å². The van der Waals surface area contributed by atoms with E-state index in [9.17, 15) is 14.9 Å². The van der Waals surface area contributed by atoms with E-state index in [4.69, 9.17) is 4.74 Å². The van der Waals surface area contributed by atoms with Gasteiger partial charge in [-0.2, -0.15) is 5.26 Å². The number of benzene rings is 2. The molecule has 1 fully saturated rings. The molecule has 40 heavy (non-hydrogen) atoms. The van der Waals surface area contributed by atoms with E-state index >= 15 is 0 Å². The van der Waals surface area contributed by atoms with E-state index in [1.54, 1.807) is 17.2 Å². The number of cyclic esters (lactones) is 1. The molecule has 0 saturated carbocycles. The summed E-state index contributed by atoms with van der Waals surface area (Å²) in [6, 6.07) is 23.5. The highest BCUT2D eigenvalue weighted by Crippen LogP contribution is 2.44. The van der Waals surface area contributed by atoms with Gasteiger partial charge >= 0.3 is 6.09 Å². The maximum atomic E-state index is 13.4. The van der Waals surface area contributed by atoms with Crippen LogP contribution < -0.4 is 5.32 Å². The zero-order valence-electron chi connectivity index (χ0n) is 24.2. The van der Waals surface area contributed by atoms with Crippen LogP contribution in [0.4, 0.5) is 4.79 Å². The van der Waals surface area contributed by atoms with Gasteiger partial charge in [0, 0.05) is 36.7 Å². The van der Waals surface area contributed by atoms with Gasteiger partial charge in [-0.15, -0.1) is 0 Å². The molecule has 4 rings (SSSR count). The van der Waals surface area contributed by atoms with Crippen molar-refractivity contribution >= 4 is 12.0 Å². The molecule has 2 aromatic carbocycles. The fraction of sp³-hybridized carbons (Fsp3) is 0.394. The van der Waals surface area contributed by atoms with Gasteiger partial charge in [-0.25, -0.2) is 4.79 Å². The van der Waals surface area contributed by atoms with Crippen LogP contribution in [0.1, 0.15) is 81.9 Å². The maximum Gasteiger partial charge on any atom is 0.411 e. The second-order valence-corrected chi connectivity index (χ2v) is 12.3. The van der Waals surface area contributed by atoms with Crippen LogP contribution in [-0.2, 0) is 10.3 Å². The summed E-state index contributed by atoms with van der Waals surface area (Å²) in [5.74, 6) is -0.156. The normalized spacial score (nSPS) is 18.4. The SMILES string of the molecule is CC(c1ccc(-c2ccc(C(=O)NC(C)(C)C)cn2)cc1)N1CCC(CC(C)(C)C#N)(c2ccccc2)OC1=O. The van der Waals surface area contributed by atoms with Gasteiger partial charge in [0.15, 0.2) is 0 Å². The van der Waals surface area contributed by atoms with Crippen LogP contribution in [0.3, 0.4) is 0 Å². The average molecular weight is 539 g/mol. The lowest BCUT2D eigenvalue weighted by atomic mass is 9.75. The third-order valence-corrected chi connectivity index (χ3v) is 7.27. The Morgan fingerprint density at radius 2 is 1.75 bits per heavy atom. The average Bonchev–Trinajstić information content (AvgIpc) is 2.92. The fourth-order valence-electron chi connectivity index (χ4n) is 5.17. The Morgan fingerprint density at radius 1 is 1.07 bits per heavy atom. The Kier molecular flexibility index (Phi) is 8.02. The van der Waals surface area contributed by atoms with Crippen LogP contribution >= 0.6 is 0 Å². The Bertz CT molecular complexity index is 1390. The first kappa shape index (κ1) is 28.8. The van der Waals surface area contributed by atoms with Gasteiger partial charge in [-0.3, -0.25) is 9.78 Å². The lowest BCUT2D eigenvalue weighted by Gasteiger charge is -2.45. The molecule has 1 aliphatic rings. The van der Waals surface area contributed by atoms with E-state index < -0.39 is 11.0 Å². The summed E-state index contributed by atoms with van der Waals surface area (Å²) < 4.78 is 6.20. The van der Waals surface area contributed by atoms with Gasteiger partial charge < -0.3 is 15.0 Å². The van der Waals surface area contributed by atoms with Gasteiger partial charge in [0.25, 0.3) is 5.91 Å². The van der Waals surface area contributed by atoms with Crippen molar-refractivity contribution in [3.63, 3.8) is 0 Å². The molecule has 208 valence electrons. The van der Waals surface area contributed by atoms with E-state index in [0.29, 0.717) is 24.9 Å². The number of carbonyl (C=O) groups excluding carboxylic acids is 2. The zero-order chi connectivity index (χ0) is 29.1. The first-order valence-electron chi connectivity index (χ1n) is 13.7. The predicted octanol–water partition coefficient (Wildman–Crippen LogP) is 7.02. The maximum absolute atomic E-state index is 13.4. The third kappa shape index (κ3) is 6.51. The Morgan fingerprint density at radius 3 is 2.30 bits per heavy atom. The molecular formula is C33H38N4O3. The third-order valence-electron chi connectivity index (χ3n) is 7.27. The van der Waals surface area contributed by atoms with Gasteiger partial charge in [-0.05, 0) is 64.8 Å². The van der Waals surface area contributed by atoms with E-state index in [2.05, 4.69) is 16.4 Å². The van der Waals surface area contributed by atoms with Crippen molar-refractivity contribution in [2.24, 2.45) is 5.41 Å². The molecule has 0 aliphatic carbocycles. The molecule has 0 radical (unpaired) electrons. The zero-order valence-corrected chi connectivity index (χ0v) is 24.2. The molecule has 2 heterocycles. The number of nitriles is 1. The number of hydrogen-bond donors (Lipinski definition) is 1. The summed E-state index contributed by atoms with van der Waals surface area (Å²) >= 11 is 0. The molecule has 7 heteroatoms. The van der Waals surface area contributed by atoms with E-state index in [1.165, 1.54) is 0 Å². The molecule has 1 saturated heterocycles. The second kappa shape index (κ2) is 11.1. The summed E-state index contributed by atoms with van der Waals surface area (Å²) in [4.78, 5) is 32.0. The number of ether oxygens (including phenoxy) is 1. The minimum atomic E-state index is -0.848. The Hall–Kier alpha value is -4.18. The number of rotatable bonds is 7. The number of aromatic nitrogens is 1. The lowest BCUT2D eigenvalue weighted by molar-refractivity contribution is -0.0770. The van der Waals surface area contributed by atoms with Crippen molar-refractivity contribution in [2.45, 2.75) is 71.6 Å². The van der Waals surface area contributed by atoms with Crippen LogP contribution in [0.15, 0.2) is 72.9 Å². The van der Waals surface area contributed by atoms with Crippen LogP contribution in [0.25, 0.3) is 11.3 Å². The molecule has 1 N–H and O–H groups in total. The number of nitrogens with zero attached hydrogens (tertiary/aromatic N) is 3. The molecule has 3 aromatic rings. The summed E-state index contributed by atoms with van der Waals surface area (Å²) in [6.45, 7) is 12.1. The van der Waals surface area contributed by atoms with Gasteiger partial charge in [0.2, 0.25) is 0 Å². The van der Waals surface area contributed by atoms with Crippen molar-refractivity contribution in [3.8, 4) is 17.3 Å². The summed E-state index contributed by atoms with van der Waals surface area (Å²) in [7, 11) is 0. The highest BCUT2D eigenvalue weighted by Gasteiger charge is 2.46. The topological polar surface area (TPSA) is 95.3 Å². The molecule has 0 bridgehead atoms. The first-order chi connectivity index (χ1) is 18.8. The monoisotopic (exact) mass is 538 g/mol. The Labute approximate surface area is 237 Å². The minimum Gasteiger partial charge on any atom is -0.438 e. The summed E-state index contributed by atoms with van der Waals surface area (Å²) in [5, 5.41) is 12.6. The summed E-state index contributed by atoms with van der Waals surface area (Å²) in [5.41, 5.74) is 2.26. The van der Waals surface area contributed by atoms with Crippen molar-refractivity contribution in [2.75, 3.05) is 6.54 Å². The number of carbonyl (C=O) groups is 2. The van der Waals surface area contributed by atoms with Crippen LogP contribution in [-0.4, -0.2) is 34.0 Å². The van der Waals surface area contributed by atoms with Crippen LogP contribution in [0.5, 0.6) is 0 Å². The standard InChI is InChI=1S/C33H38N4O3/c1-23(24-12-14-25(15-13-24)28-17-16-26(20-35-28)29(38)36-31(2,3)4)37-19-18-33(40-30(37)39,21-32(5,6)22-34)27-10-8-7-9-11-27/h7-17,20,23H,18-19,21H2,1-6H3,(H,36,38).